The van der Waals surface area contributed by atoms with Crippen LogP contribution in [0.3, 0.4) is 0 Å². The highest BCUT2D eigenvalue weighted by atomic mass is 35.5. The normalized spacial score (nSPS) is 12.3. The summed E-state index contributed by atoms with van der Waals surface area (Å²) < 4.78 is 0. The molecule has 0 aliphatic carbocycles. The highest BCUT2D eigenvalue weighted by Gasteiger charge is 2.07. The second kappa shape index (κ2) is 8.37. The van der Waals surface area contributed by atoms with E-state index in [-0.39, 0.29) is 12.2 Å². The molecule has 5 heteroatoms. The van der Waals surface area contributed by atoms with E-state index >= 15 is 0 Å². The van der Waals surface area contributed by atoms with E-state index in [0.717, 1.165) is 5.71 Å². The van der Waals surface area contributed by atoms with Gasteiger partial charge in [-0.3, -0.25) is 14.6 Å². The Labute approximate surface area is 129 Å². The van der Waals surface area contributed by atoms with Crippen molar-refractivity contribution in [3.63, 3.8) is 0 Å². The maximum absolute atomic E-state index is 12.0. The van der Waals surface area contributed by atoms with E-state index in [9.17, 15) is 9.59 Å². The number of Topliss-reactive ketones (excluding diaryl/α,β-unsaturated/α-hetero) is 1. The van der Waals surface area contributed by atoms with Crippen molar-refractivity contribution in [1.82, 2.24) is 0 Å². The lowest BCUT2D eigenvalue weighted by Crippen LogP contribution is -2.03. The molecule has 0 spiro atoms. The number of nitrogens with zero attached hydrogens (tertiary/aromatic N) is 1. The van der Waals surface area contributed by atoms with Gasteiger partial charge < -0.3 is 5.11 Å². The maximum atomic E-state index is 12.0. The van der Waals surface area contributed by atoms with Crippen LogP contribution in [-0.2, 0) is 4.79 Å². The molecule has 0 fully saturated rings. The molecule has 0 unspecified atom stereocenters. The minimum absolute atomic E-state index is 0.0153. The minimum Gasteiger partial charge on any atom is -0.481 e. The van der Waals surface area contributed by atoms with Gasteiger partial charge in [-0.2, -0.15) is 0 Å². The largest absolute Gasteiger partial charge is 0.481 e. The number of benzene rings is 1. The average Bonchev–Trinajstić information content (AvgIpc) is 2.44. The molecule has 0 amide bonds. The van der Waals surface area contributed by atoms with Crippen molar-refractivity contribution in [1.29, 1.82) is 0 Å². The van der Waals surface area contributed by atoms with Gasteiger partial charge in [0.2, 0.25) is 0 Å². The van der Waals surface area contributed by atoms with E-state index in [1.165, 1.54) is 0 Å². The molecule has 21 heavy (non-hydrogen) atoms. The van der Waals surface area contributed by atoms with Crippen LogP contribution in [0.1, 0.15) is 43.5 Å². The molecule has 0 atom stereocenters. The second-order valence-electron chi connectivity index (χ2n) is 4.63. The standard InChI is InChI=1S/C16H18ClNO3/c1-3-14(10-16(20)21)18-11(2)4-9-15(19)12-5-7-13(17)8-6-12/h3,5-8H,4,9-10H2,1-2H3,(H,20,21)/b14-3-,18-11?. The zero-order valence-corrected chi connectivity index (χ0v) is 12.9. The van der Waals surface area contributed by atoms with E-state index in [0.29, 0.717) is 29.1 Å². The molecule has 4 nitrogen and oxygen atoms in total. The van der Waals surface area contributed by atoms with Gasteiger partial charge >= 0.3 is 5.97 Å². The Morgan fingerprint density at radius 1 is 1.24 bits per heavy atom. The van der Waals surface area contributed by atoms with Crippen LogP contribution in [-0.4, -0.2) is 22.6 Å². The second-order valence-corrected chi connectivity index (χ2v) is 5.06. The van der Waals surface area contributed by atoms with Crippen LogP contribution in [0.15, 0.2) is 41.0 Å². The molecule has 0 aromatic heterocycles. The summed E-state index contributed by atoms with van der Waals surface area (Å²) in [7, 11) is 0. The Kier molecular flexibility index (Phi) is 6.82. The monoisotopic (exact) mass is 307 g/mol. The number of hydrogen-bond acceptors (Lipinski definition) is 3. The van der Waals surface area contributed by atoms with Crippen LogP contribution in [0.4, 0.5) is 0 Å². The lowest BCUT2D eigenvalue weighted by molar-refractivity contribution is -0.136. The first-order valence-electron chi connectivity index (χ1n) is 6.62. The van der Waals surface area contributed by atoms with Crippen LogP contribution in [0.5, 0.6) is 0 Å². The first-order chi connectivity index (χ1) is 9.92. The summed E-state index contributed by atoms with van der Waals surface area (Å²) in [6.45, 7) is 3.54. The van der Waals surface area contributed by atoms with E-state index in [4.69, 9.17) is 16.7 Å². The molecule has 1 rings (SSSR count). The van der Waals surface area contributed by atoms with Crippen molar-refractivity contribution in [3.05, 3.63) is 46.6 Å². The smallest absolute Gasteiger partial charge is 0.309 e. The highest BCUT2D eigenvalue weighted by Crippen LogP contribution is 2.13. The number of ketones is 1. The van der Waals surface area contributed by atoms with E-state index in [1.807, 2.05) is 0 Å². The number of halogens is 1. The number of carbonyl (C=O) groups is 2. The number of carboxylic acid groups (broad SMARTS) is 1. The molecule has 0 bridgehead atoms. The predicted octanol–water partition coefficient (Wildman–Crippen LogP) is 4.14. The number of carbonyl (C=O) groups excluding carboxylic acids is 1. The lowest BCUT2D eigenvalue weighted by atomic mass is 10.1. The molecular weight excluding hydrogens is 290 g/mol. The molecule has 1 aromatic rings. The van der Waals surface area contributed by atoms with Gasteiger partial charge in [0.05, 0.1) is 6.42 Å². The van der Waals surface area contributed by atoms with Crippen LogP contribution in [0.2, 0.25) is 5.02 Å². The highest BCUT2D eigenvalue weighted by molar-refractivity contribution is 6.30. The Bertz CT molecular complexity index is 574. The third-order valence-corrected chi connectivity index (χ3v) is 3.13. The summed E-state index contributed by atoms with van der Waals surface area (Å²) >= 11 is 5.77. The summed E-state index contributed by atoms with van der Waals surface area (Å²) in [6.07, 6.45) is 2.39. The van der Waals surface area contributed by atoms with Gasteiger partial charge in [0.1, 0.15) is 0 Å². The number of aliphatic carboxylic acids is 1. The van der Waals surface area contributed by atoms with Crippen molar-refractivity contribution >= 4 is 29.1 Å². The van der Waals surface area contributed by atoms with Crippen LogP contribution in [0, 0.1) is 0 Å². The molecule has 1 aromatic carbocycles. The number of aliphatic imine (C=N–C) groups is 1. The minimum atomic E-state index is -0.920. The molecule has 0 aliphatic rings. The number of rotatable bonds is 7. The number of hydrogen-bond donors (Lipinski definition) is 1. The fourth-order valence-corrected chi connectivity index (χ4v) is 1.86. The quantitative estimate of drug-likeness (QED) is 0.608. The summed E-state index contributed by atoms with van der Waals surface area (Å²) in [4.78, 5) is 26.9. The Morgan fingerprint density at radius 2 is 1.86 bits per heavy atom. The van der Waals surface area contributed by atoms with E-state index < -0.39 is 5.97 Å². The zero-order valence-electron chi connectivity index (χ0n) is 12.1. The Hall–Kier alpha value is -1.94. The van der Waals surface area contributed by atoms with E-state index in [1.54, 1.807) is 44.2 Å². The number of carboxylic acids is 1. The third-order valence-electron chi connectivity index (χ3n) is 2.88. The molecule has 1 N–H and O–H groups in total. The van der Waals surface area contributed by atoms with Crippen LogP contribution >= 0.6 is 11.6 Å². The molecule has 0 aliphatic heterocycles. The van der Waals surface area contributed by atoms with Gasteiger partial charge in [-0.15, -0.1) is 0 Å². The Balaban J connectivity index is 2.59. The van der Waals surface area contributed by atoms with Gasteiger partial charge in [0.25, 0.3) is 0 Å². The molecule has 112 valence electrons. The van der Waals surface area contributed by atoms with Gasteiger partial charge in [-0.1, -0.05) is 17.7 Å². The van der Waals surface area contributed by atoms with Gasteiger partial charge in [0.15, 0.2) is 5.78 Å². The lowest BCUT2D eigenvalue weighted by Gasteiger charge is -2.03. The summed E-state index contributed by atoms with van der Waals surface area (Å²) in [5.74, 6) is -0.904. The zero-order chi connectivity index (χ0) is 15.8. The van der Waals surface area contributed by atoms with E-state index in [2.05, 4.69) is 4.99 Å². The molecule has 0 heterocycles. The molecular formula is C16H18ClNO3. The fraction of sp³-hybridized carbons (Fsp3) is 0.312. The average molecular weight is 308 g/mol. The first kappa shape index (κ1) is 17.1. The van der Waals surface area contributed by atoms with Crippen molar-refractivity contribution in [2.45, 2.75) is 33.1 Å². The van der Waals surface area contributed by atoms with Crippen LogP contribution < -0.4 is 0 Å². The SMILES string of the molecule is C/C=C(/CC(=O)O)N=C(C)CCC(=O)c1ccc(Cl)cc1. The predicted molar refractivity (Wildman–Crippen MR) is 84.1 cm³/mol. The third kappa shape index (κ3) is 6.36. The van der Waals surface area contributed by atoms with Crippen molar-refractivity contribution < 1.29 is 14.7 Å². The topological polar surface area (TPSA) is 66.7 Å². The fourth-order valence-electron chi connectivity index (χ4n) is 1.74. The summed E-state index contributed by atoms with van der Waals surface area (Å²) in [5, 5.41) is 9.34. The van der Waals surface area contributed by atoms with Crippen molar-refractivity contribution in [2.24, 2.45) is 4.99 Å². The van der Waals surface area contributed by atoms with Crippen molar-refractivity contribution in [2.75, 3.05) is 0 Å². The van der Waals surface area contributed by atoms with Crippen molar-refractivity contribution in [3.8, 4) is 0 Å². The number of allylic oxidation sites excluding steroid dienone is 1. The van der Waals surface area contributed by atoms with Crippen LogP contribution in [0.25, 0.3) is 0 Å². The summed E-state index contributed by atoms with van der Waals surface area (Å²) in [6, 6.07) is 6.75. The maximum Gasteiger partial charge on any atom is 0.309 e. The van der Waals surface area contributed by atoms with Gasteiger partial charge in [-0.05, 0) is 44.5 Å². The first-order valence-corrected chi connectivity index (χ1v) is 7.00. The molecule has 0 radical (unpaired) electrons. The van der Waals surface area contributed by atoms with Gasteiger partial charge in [0, 0.05) is 28.4 Å². The summed E-state index contributed by atoms with van der Waals surface area (Å²) in [5.41, 5.74) is 1.86. The van der Waals surface area contributed by atoms with Gasteiger partial charge in [-0.25, -0.2) is 0 Å². The Morgan fingerprint density at radius 3 is 2.38 bits per heavy atom. The molecule has 0 saturated heterocycles. The molecule has 0 saturated carbocycles.